The second kappa shape index (κ2) is 9.92. The van der Waals surface area contributed by atoms with Crippen molar-refractivity contribution in [2.75, 3.05) is 40.5 Å². The Hall–Kier alpha value is -2.08. The third kappa shape index (κ3) is 5.47. The Morgan fingerprint density at radius 2 is 1.61 bits per heavy atom. The lowest BCUT2D eigenvalue weighted by atomic mass is 10.1. The number of hydrogen-bond acceptors (Lipinski definition) is 5. The molecule has 1 atom stereocenters. The Morgan fingerprint density at radius 3 is 2.21 bits per heavy atom. The van der Waals surface area contributed by atoms with Gasteiger partial charge in [0.2, 0.25) is 0 Å². The molecule has 0 aromatic heterocycles. The molecule has 0 amide bonds. The average molecular weight is 385 g/mol. The largest absolute Gasteiger partial charge is 0.497 e. The number of aliphatic hydroxyl groups excluding tert-OH is 1. The van der Waals surface area contributed by atoms with Crippen LogP contribution in [0.1, 0.15) is 23.1 Å². The Morgan fingerprint density at radius 1 is 0.929 bits per heavy atom. The number of piperazine rings is 1. The SMILES string of the molecule is COc1cc(CN2CCN(Cc3ccc(C)cc3)C[C@@H]2CCO)cc(OC)c1. The third-order valence-electron chi connectivity index (χ3n) is 5.47. The van der Waals surface area contributed by atoms with Gasteiger partial charge in [0, 0.05) is 51.4 Å². The fourth-order valence-electron chi connectivity index (χ4n) is 3.88. The van der Waals surface area contributed by atoms with Gasteiger partial charge in [0.25, 0.3) is 0 Å². The molecule has 1 aliphatic rings. The lowest BCUT2D eigenvalue weighted by molar-refractivity contribution is 0.0499. The van der Waals surface area contributed by atoms with Crippen molar-refractivity contribution in [3.63, 3.8) is 0 Å². The Labute approximate surface area is 168 Å². The maximum absolute atomic E-state index is 9.59. The maximum atomic E-state index is 9.59. The monoisotopic (exact) mass is 384 g/mol. The molecule has 2 aromatic carbocycles. The summed E-state index contributed by atoms with van der Waals surface area (Å²) in [6.07, 6.45) is 0.783. The van der Waals surface area contributed by atoms with E-state index in [1.54, 1.807) is 14.2 Å². The highest BCUT2D eigenvalue weighted by Crippen LogP contribution is 2.25. The van der Waals surface area contributed by atoms with E-state index in [1.807, 2.05) is 6.07 Å². The quantitative estimate of drug-likeness (QED) is 0.758. The first kappa shape index (κ1) is 20.6. The molecular formula is C23H32N2O3. The number of nitrogens with zero attached hydrogens (tertiary/aromatic N) is 2. The zero-order valence-corrected chi connectivity index (χ0v) is 17.2. The molecule has 0 bridgehead atoms. The molecule has 5 heteroatoms. The minimum atomic E-state index is 0.209. The second-order valence-electron chi connectivity index (χ2n) is 7.58. The van der Waals surface area contributed by atoms with Crippen LogP contribution in [0.4, 0.5) is 0 Å². The molecule has 5 nitrogen and oxygen atoms in total. The van der Waals surface area contributed by atoms with Gasteiger partial charge in [0.1, 0.15) is 11.5 Å². The number of benzene rings is 2. The summed E-state index contributed by atoms with van der Waals surface area (Å²) < 4.78 is 10.8. The molecule has 0 aliphatic carbocycles. The van der Waals surface area contributed by atoms with Gasteiger partial charge in [-0.25, -0.2) is 0 Å². The number of aliphatic hydroxyl groups is 1. The van der Waals surface area contributed by atoms with Gasteiger partial charge in [-0.1, -0.05) is 29.8 Å². The summed E-state index contributed by atoms with van der Waals surface area (Å²) in [5.41, 5.74) is 3.81. The van der Waals surface area contributed by atoms with Crippen LogP contribution < -0.4 is 9.47 Å². The summed E-state index contributed by atoms with van der Waals surface area (Å²) in [4.78, 5) is 4.96. The molecule has 152 valence electrons. The van der Waals surface area contributed by atoms with Crippen molar-refractivity contribution in [3.8, 4) is 11.5 Å². The van der Waals surface area contributed by atoms with Crippen molar-refractivity contribution in [1.29, 1.82) is 0 Å². The summed E-state index contributed by atoms with van der Waals surface area (Å²) in [7, 11) is 3.36. The first-order chi connectivity index (χ1) is 13.6. The Kier molecular flexibility index (Phi) is 7.31. The van der Waals surface area contributed by atoms with Crippen LogP contribution in [0.25, 0.3) is 0 Å². The highest BCUT2D eigenvalue weighted by molar-refractivity contribution is 5.38. The van der Waals surface area contributed by atoms with Gasteiger partial charge in [-0.05, 0) is 36.6 Å². The normalized spacial score (nSPS) is 18.2. The molecular weight excluding hydrogens is 352 g/mol. The van der Waals surface area contributed by atoms with Gasteiger partial charge in [0.15, 0.2) is 0 Å². The predicted molar refractivity (Wildman–Crippen MR) is 112 cm³/mol. The third-order valence-corrected chi connectivity index (χ3v) is 5.47. The predicted octanol–water partition coefficient (Wildman–Crippen LogP) is 3.08. The first-order valence-corrected chi connectivity index (χ1v) is 9.96. The molecule has 1 saturated heterocycles. The van der Waals surface area contributed by atoms with Gasteiger partial charge < -0.3 is 14.6 Å². The average Bonchev–Trinajstić information content (AvgIpc) is 2.71. The van der Waals surface area contributed by atoms with Crippen molar-refractivity contribution < 1.29 is 14.6 Å². The number of rotatable bonds is 8. The highest BCUT2D eigenvalue weighted by Gasteiger charge is 2.27. The fraction of sp³-hybridized carbons (Fsp3) is 0.478. The minimum Gasteiger partial charge on any atom is -0.497 e. The minimum absolute atomic E-state index is 0.209. The summed E-state index contributed by atoms with van der Waals surface area (Å²) in [5, 5.41) is 9.59. The van der Waals surface area contributed by atoms with Crippen molar-refractivity contribution in [2.24, 2.45) is 0 Å². The van der Waals surface area contributed by atoms with Crippen LogP contribution in [0.2, 0.25) is 0 Å². The summed E-state index contributed by atoms with van der Waals surface area (Å²) in [5.74, 6) is 1.62. The van der Waals surface area contributed by atoms with Crippen LogP contribution in [0.15, 0.2) is 42.5 Å². The van der Waals surface area contributed by atoms with Gasteiger partial charge >= 0.3 is 0 Å². The van der Waals surface area contributed by atoms with Crippen molar-refractivity contribution >= 4 is 0 Å². The van der Waals surface area contributed by atoms with Crippen LogP contribution in [0, 0.1) is 6.92 Å². The summed E-state index contributed by atoms with van der Waals surface area (Å²) in [6, 6.07) is 15.1. The molecule has 1 N–H and O–H groups in total. The van der Waals surface area contributed by atoms with Crippen LogP contribution in [-0.2, 0) is 13.1 Å². The van der Waals surface area contributed by atoms with Crippen molar-refractivity contribution in [2.45, 2.75) is 32.5 Å². The van der Waals surface area contributed by atoms with Crippen molar-refractivity contribution in [3.05, 3.63) is 59.2 Å². The molecule has 1 fully saturated rings. The second-order valence-corrected chi connectivity index (χ2v) is 7.58. The number of aryl methyl sites for hydroxylation is 1. The molecule has 3 rings (SSSR count). The van der Waals surface area contributed by atoms with Crippen molar-refractivity contribution in [1.82, 2.24) is 9.80 Å². The van der Waals surface area contributed by atoms with E-state index in [9.17, 15) is 5.11 Å². The smallest absolute Gasteiger partial charge is 0.122 e. The number of ether oxygens (including phenoxy) is 2. The van der Waals surface area contributed by atoms with E-state index in [-0.39, 0.29) is 6.61 Å². The fourth-order valence-corrected chi connectivity index (χ4v) is 3.88. The molecule has 2 aromatic rings. The van der Waals surface area contributed by atoms with Crippen LogP contribution in [-0.4, -0.2) is 61.4 Å². The van der Waals surface area contributed by atoms with Crippen LogP contribution in [0.3, 0.4) is 0 Å². The van der Waals surface area contributed by atoms with E-state index in [2.05, 4.69) is 53.1 Å². The van der Waals surface area contributed by atoms with E-state index >= 15 is 0 Å². The van der Waals surface area contributed by atoms with Crippen LogP contribution >= 0.6 is 0 Å². The molecule has 1 heterocycles. The number of methoxy groups -OCH3 is 2. The molecule has 0 unspecified atom stereocenters. The topological polar surface area (TPSA) is 45.2 Å². The Bertz CT molecular complexity index is 726. The van der Waals surface area contributed by atoms with Gasteiger partial charge in [-0.15, -0.1) is 0 Å². The first-order valence-electron chi connectivity index (χ1n) is 9.96. The van der Waals surface area contributed by atoms with Gasteiger partial charge in [-0.3, -0.25) is 9.80 Å². The molecule has 0 spiro atoms. The lowest BCUT2D eigenvalue weighted by Crippen LogP contribution is -2.52. The molecule has 0 radical (unpaired) electrons. The van der Waals surface area contributed by atoms with Crippen LogP contribution in [0.5, 0.6) is 11.5 Å². The summed E-state index contributed by atoms with van der Waals surface area (Å²) >= 11 is 0. The zero-order valence-electron chi connectivity index (χ0n) is 17.2. The highest BCUT2D eigenvalue weighted by atomic mass is 16.5. The van der Waals surface area contributed by atoms with E-state index in [1.165, 1.54) is 16.7 Å². The van der Waals surface area contributed by atoms with E-state index in [0.29, 0.717) is 6.04 Å². The Balaban J connectivity index is 1.66. The lowest BCUT2D eigenvalue weighted by Gasteiger charge is -2.41. The van der Waals surface area contributed by atoms with Gasteiger partial charge in [0.05, 0.1) is 14.2 Å². The standard InChI is InChI=1S/C23H32N2O3/c1-18-4-6-19(7-5-18)15-24-9-10-25(21(17-24)8-11-26)16-20-12-22(27-2)14-23(13-20)28-3/h4-7,12-14,21,26H,8-11,15-17H2,1-3H3/t21-/m0/s1. The summed E-state index contributed by atoms with van der Waals surface area (Å²) in [6.45, 7) is 7.09. The molecule has 28 heavy (non-hydrogen) atoms. The number of hydrogen-bond donors (Lipinski definition) is 1. The van der Waals surface area contributed by atoms with E-state index < -0.39 is 0 Å². The maximum Gasteiger partial charge on any atom is 0.122 e. The molecule has 0 saturated carbocycles. The molecule has 1 aliphatic heterocycles. The van der Waals surface area contributed by atoms with E-state index in [4.69, 9.17) is 9.47 Å². The van der Waals surface area contributed by atoms with E-state index in [0.717, 1.165) is 50.6 Å². The zero-order chi connectivity index (χ0) is 19.9. The van der Waals surface area contributed by atoms with Gasteiger partial charge in [-0.2, -0.15) is 0 Å².